The zero-order valence-electron chi connectivity index (χ0n) is 11.0. The predicted octanol–water partition coefficient (Wildman–Crippen LogP) is 1.52. The van der Waals surface area contributed by atoms with Crippen LogP contribution in [0.2, 0.25) is 0 Å². The average Bonchev–Trinajstić information content (AvgIpc) is 2.39. The number of urea groups is 1. The molecular weight excluding hydrogens is 240 g/mol. The fraction of sp³-hybridized carbons (Fsp3) is 0.400. The summed E-state index contributed by atoms with van der Waals surface area (Å²) in [7, 11) is 0. The van der Waals surface area contributed by atoms with Crippen molar-refractivity contribution in [2.75, 3.05) is 26.2 Å². The third kappa shape index (κ3) is 3.15. The van der Waals surface area contributed by atoms with E-state index in [9.17, 15) is 4.79 Å². The summed E-state index contributed by atoms with van der Waals surface area (Å²) in [5.74, 6) is 0.417. The molecule has 1 atom stereocenters. The fourth-order valence-corrected chi connectivity index (χ4v) is 2.42. The van der Waals surface area contributed by atoms with E-state index < -0.39 is 0 Å². The number of hydrogen-bond donors (Lipinski definition) is 2. The number of carbonyl (C=O) groups is 1. The number of nitrogens with one attached hydrogen (secondary N) is 1. The van der Waals surface area contributed by atoms with Crippen molar-refractivity contribution in [3.63, 3.8) is 0 Å². The van der Waals surface area contributed by atoms with Crippen molar-refractivity contribution in [2.45, 2.75) is 12.3 Å². The number of nitrogens with zero attached hydrogens (tertiary/aromatic N) is 1. The van der Waals surface area contributed by atoms with Gasteiger partial charge < -0.3 is 15.3 Å². The number of benzene rings is 1. The van der Waals surface area contributed by atoms with Crippen LogP contribution in [0.3, 0.4) is 0 Å². The van der Waals surface area contributed by atoms with Gasteiger partial charge in [0.15, 0.2) is 0 Å². The topological polar surface area (TPSA) is 52.6 Å². The molecule has 0 fully saturated rings. The Morgan fingerprint density at radius 3 is 3.00 bits per heavy atom. The minimum atomic E-state index is -0.140. The summed E-state index contributed by atoms with van der Waals surface area (Å²) in [5, 5.41) is 11.8. The van der Waals surface area contributed by atoms with Gasteiger partial charge in [-0.3, -0.25) is 0 Å². The Labute approximate surface area is 113 Å². The van der Waals surface area contributed by atoms with E-state index in [1.807, 2.05) is 12.1 Å². The molecule has 1 aromatic rings. The van der Waals surface area contributed by atoms with Gasteiger partial charge in [0, 0.05) is 25.6 Å². The van der Waals surface area contributed by atoms with E-state index in [-0.39, 0.29) is 12.6 Å². The average molecular weight is 260 g/mol. The van der Waals surface area contributed by atoms with Gasteiger partial charge in [-0.15, -0.1) is 6.58 Å². The lowest BCUT2D eigenvalue weighted by Gasteiger charge is -2.31. The number of aliphatic hydroxyl groups excluding tert-OH is 1. The van der Waals surface area contributed by atoms with Gasteiger partial charge in [0.05, 0.1) is 6.61 Å². The maximum absolute atomic E-state index is 11.9. The van der Waals surface area contributed by atoms with Crippen LogP contribution in [-0.4, -0.2) is 42.3 Å². The van der Waals surface area contributed by atoms with Crippen molar-refractivity contribution in [2.24, 2.45) is 0 Å². The SMILES string of the molecule is C=CCN(CCO)C(=O)NCC1Cc2ccccc21. The highest BCUT2D eigenvalue weighted by Gasteiger charge is 2.26. The zero-order chi connectivity index (χ0) is 13.7. The van der Waals surface area contributed by atoms with Crippen LogP contribution >= 0.6 is 0 Å². The summed E-state index contributed by atoms with van der Waals surface area (Å²) < 4.78 is 0. The van der Waals surface area contributed by atoms with Crippen molar-refractivity contribution in [3.8, 4) is 0 Å². The predicted molar refractivity (Wildman–Crippen MR) is 75.1 cm³/mol. The molecule has 4 nitrogen and oxygen atoms in total. The van der Waals surface area contributed by atoms with Crippen LogP contribution in [0, 0.1) is 0 Å². The normalized spacial score (nSPS) is 16.2. The highest BCUT2D eigenvalue weighted by Crippen LogP contribution is 2.33. The minimum Gasteiger partial charge on any atom is -0.395 e. The van der Waals surface area contributed by atoms with E-state index in [4.69, 9.17) is 5.11 Å². The summed E-state index contributed by atoms with van der Waals surface area (Å²) in [6.07, 6.45) is 2.69. The maximum Gasteiger partial charge on any atom is 0.317 e. The molecule has 0 spiro atoms. The van der Waals surface area contributed by atoms with Gasteiger partial charge in [0.25, 0.3) is 0 Å². The van der Waals surface area contributed by atoms with Gasteiger partial charge in [0.2, 0.25) is 0 Å². The van der Waals surface area contributed by atoms with Gasteiger partial charge in [-0.05, 0) is 17.5 Å². The summed E-state index contributed by atoms with van der Waals surface area (Å²) >= 11 is 0. The molecule has 1 aliphatic rings. The Kier molecular flexibility index (Phi) is 4.58. The lowest BCUT2D eigenvalue weighted by molar-refractivity contribution is 0.183. The van der Waals surface area contributed by atoms with E-state index in [1.165, 1.54) is 11.1 Å². The molecular formula is C15H20N2O2. The van der Waals surface area contributed by atoms with Crippen LogP contribution in [0.5, 0.6) is 0 Å². The standard InChI is InChI=1S/C15H20N2O2/c1-2-7-17(8-9-18)15(19)16-11-13-10-12-5-3-4-6-14(12)13/h2-6,13,18H,1,7-11H2,(H,16,19). The first-order chi connectivity index (χ1) is 9.26. The first-order valence-corrected chi connectivity index (χ1v) is 6.58. The second-order valence-electron chi connectivity index (χ2n) is 4.74. The maximum atomic E-state index is 11.9. The quantitative estimate of drug-likeness (QED) is 0.762. The highest BCUT2D eigenvalue weighted by atomic mass is 16.3. The number of amides is 2. The summed E-state index contributed by atoms with van der Waals surface area (Å²) in [4.78, 5) is 13.5. The zero-order valence-corrected chi connectivity index (χ0v) is 11.0. The Bertz CT molecular complexity index is 459. The first kappa shape index (κ1) is 13.6. The van der Waals surface area contributed by atoms with Crippen LogP contribution in [0.25, 0.3) is 0 Å². The molecule has 0 bridgehead atoms. The lowest BCUT2D eigenvalue weighted by atomic mass is 9.78. The summed E-state index contributed by atoms with van der Waals surface area (Å²) in [6, 6.07) is 8.18. The van der Waals surface area contributed by atoms with Crippen LogP contribution in [0.4, 0.5) is 4.79 Å². The Balaban J connectivity index is 1.83. The molecule has 0 aliphatic heterocycles. The van der Waals surface area contributed by atoms with Gasteiger partial charge >= 0.3 is 6.03 Å². The molecule has 19 heavy (non-hydrogen) atoms. The van der Waals surface area contributed by atoms with Crippen molar-refractivity contribution < 1.29 is 9.90 Å². The van der Waals surface area contributed by atoms with Crippen LogP contribution in [0.1, 0.15) is 17.0 Å². The smallest absolute Gasteiger partial charge is 0.317 e. The molecule has 0 heterocycles. The van der Waals surface area contributed by atoms with E-state index in [2.05, 4.69) is 24.0 Å². The van der Waals surface area contributed by atoms with Gasteiger partial charge in [-0.2, -0.15) is 0 Å². The molecule has 2 N–H and O–H groups in total. The summed E-state index contributed by atoms with van der Waals surface area (Å²) in [5.41, 5.74) is 2.71. The molecule has 0 saturated carbocycles. The van der Waals surface area contributed by atoms with Crippen LogP contribution < -0.4 is 5.32 Å². The molecule has 0 saturated heterocycles. The molecule has 0 radical (unpaired) electrons. The number of hydrogen-bond acceptors (Lipinski definition) is 2. The third-order valence-electron chi connectivity index (χ3n) is 3.47. The molecule has 2 amide bonds. The Morgan fingerprint density at radius 2 is 2.32 bits per heavy atom. The summed E-state index contributed by atoms with van der Waals surface area (Å²) in [6.45, 7) is 5.01. The van der Waals surface area contributed by atoms with Crippen molar-refractivity contribution in [1.29, 1.82) is 0 Å². The largest absolute Gasteiger partial charge is 0.395 e. The van der Waals surface area contributed by atoms with Crippen molar-refractivity contribution in [1.82, 2.24) is 10.2 Å². The molecule has 0 aromatic heterocycles. The van der Waals surface area contributed by atoms with Gasteiger partial charge in [-0.1, -0.05) is 30.3 Å². The minimum absolute atomic E-state index is 0.0342. The first-order valence-electron chi connectivity index (χ1n) is 6.58. The Morgan fingerprint density at radius 1 is 1.53 bits per heavy atom. The second-order valence-corrected chi connectivity index (χ2v) is 4.74. The molecule has 4 heteroatoms. The van der Waals surface area contributed by atoms with E-state index in [0.717, 1.165) is 6.42 Å². The van der Waals surface area contributed by atoms with Crippen LogP contribution in [0.15, 0.2) is 36.9 Å². The number of fused-ring (bicyclic) bond motifs is 1. The fourth-order valence-electron chi connectivity index (χ4n) is 2.42. The monoisotopic (exact) mass is 260 g/mol. The second kappa shape index (κ2) is 6.38. The molecule has 1 unspecified atom stereocenters. The van der Waals surface area contributed by atoms with Crippen LogP contribution in [-0.2, 0) is 6.42 Å². The highest BCUT2D eigenvalue weighted by molar-refractivity contribution is 5.74. The molecule has 2 rings (SSSR count). The molecule has 1 aliphatic carbocycles. The molecule has 102 valence electrons. The Hall–Kier alpha value is -1.81. The van der Waals surface area contributed by atoms with Gasteiger partial charge in [0.1, 0.15) is 0 Å². The molecule has 1 aromatic carbocycles. The third-order valence-corrected chi connectivity index (χ3v) is 3.47. The van der Waals surface area contributed by atoms with Crippen molar-refractivity contribution in [3.05, 3.63) is 48.0 Å². The number of carbonyl (C=O) groups excluding carboxylic acids is 1. The van der Waals surface area contributed by atoms with Crippen molar-refractivity contribution >= 4 is 6.03 Å². The van der Waals surface area contributed by atoms with Gasteiger partial charge in [-0.25, -0.2) is 4.79 Å². The number of aliphatic hydroxyl groups is 1. The number of rotatable bonds is 6. The lowest BCUT2D eigenvalue weighted by Crippen LogP contribution is -2.44. The van der Waals surface area contributed by atoms with E-state index in [0.29, 0.717) is 25.6 Å². The van der Waals surface area contributed by atoms with E-state index >= 15 is 0 Å². The van der Waals surface area contributed by atoms with E-state index in [1.54, 1.807) is 11.0 Å².